The fourth-order valence-corrected chi connectivity index (χ4v) is 2.33. The minimum atomic E-state index is -0.133. The zero-order chi connectivity index (χ0) is 12.5. The fraction of sp³-hybridized carbons (Fsp3) is 0.625. The minimum Gasteiger partial charge on any atom is -0.393 e. The normalized spacial score (nSPS) is 14.5. The van der Waals surface area contributed by atoms with Crippen LogP contribution in [0.25, 0.3) is 0 Å². The Morgan fingerprint density at radius 3 is 2.35 bits per heavy atom. The van der Waals surface area contributed by atoms with Crippen molar-refractivity contribution in [1.29, 1.82) is 0 Å². The van der Waals surface area contributed by atoms with E-state index in [2.05, 4.69) is 38.1 Å². The number of unbranched alkanes of at least 4 members (excludes halogenated alkanes) is 1. The van der Waals surface area contributed by atoms with Gasteiger partial charge in [-0.25, -0.2) is 0 Å². The van der Waals surface area contributed by atoms with Gasteiger partial charge in [0.25, 0.3) is 0 Å². The largest absolute Gasteiger partial charge is 0.393 e. The molecule has 1 aromatic carbocycles. The molecule has 0 aliphatic heterocycles. The van der Waals surface area contributed by atoms with Crippen LogP contribution in [0.5, 0.6) is 0 Å². The zero-order valence-corrected chi connectivity index (χ0v) is 11.2. The van der Waals surface area contributed by atoms with E-state index in [1.807, 2.05) is 6.07 Å². The topological polar surface area (TPSA) is 20.2 Å². The summed E-state index contributed by atoms with van der Waals surface area (Å²) in [5, 5.41) is 10.2. The SMILES string of the molecule is CCCCC(CC)C(O)CCc1ccccc1. The van der Waals surface area contributed by atoms with Crippen LogP contribution in [-0.4, -0.2) is 11.2 Å². The van der Waals surface area contributed by atoms with Crippen molar-refractivity contribution in [2.45, 2.75) is 58.5 Å². The van der Waals surface area contributed by atoms with E-state index in [1.54, 1.807) is 0 Å². The monoisotopic (exact) mass is 234 g/mol. The molecule has 0 fully saturated rings. The molecule has 0 saturated heterocycles. The highest BCUT2D eigenvalue weighted by Gasteiger charge is 2.16. The van der Waals surface area contributed by atoms with Gasteiger partial charge in [-0.3, -0.25) is 0 Å². The third-order valence-corrected chi connectivity index (χ3v) is 3.57. The van der Waals surface area contributed by atoms with Crippen molar-refractivity contribution in [3.63, 3.8) is 0 Å². The van der Waals surface area contributed by atoms with Crippen LogP contribution in [0, 0.1) is 5.92 Å². The van der Waals surface area contributed by atoms with Crippen molar-refractivity contribution in [2.75, 3.05) is 0 Å². The average Bonchev–Trinajstić information content (AvgIpc) is 2.38. The molecule has 0 bridgehead atoms. The Morgan fingerprint density at radius 2 is 1.76 bits per heavy atom. The summed E-state index contributed by atoms with van der Waals surface area (Å²) in [5.41, 5.74) is 1.33. The third-order valence-electron chi connectivity index (χ3n) is 3.57. The van der Waals surface area contributed by atoms with Crippen LogP contribution >= 0.6 is 0 Å². The smallest absolute Gasteiger partial charge is 0.0571 e. The Bertz CT molecular complexity index is 281. The van der Waals surface area contributed by atoms with Gasteiger partial charge in [0.05, 0.1) is 6.10 Å². The molecule has 1 heteroatoms. The highest BCUT2D eigenvalue weighted by atomic mass is 16.3. The van der Waals surface area contributed by atoms with E-state index in [0.717, 1.165) is 19.3 Å². The molecule has 1 N–H and O–H groups in total. The number of rotatable bonds is 8. The number of benzene rings is 1. The van der Waals surface area contributed by atoms with Gasteiger partial charge in [0.15, 0.2) is 0 Å². The maximum Gasteiger partial charge on any atom is 0.0571 e. The molecule has 17 heavy (non-hydrogen) atoms. The van der Waals surface area contributed by atoms with Crippen LogP contribution in [0.4, 0.5) is 0 Å². The van der Waals surface area contributed by atoms with E-state index in [9.17, 15) is 5.11 Å². The first kappa shape index (κ1) is 14.2. The second kappa shape index (κ2) is 8.30. The first-order valence-electron chi connectivity index (χ1n) is 6.99. The van der Waals surface area contributed by atoms with E-state index < -0.39 is 0 Å². The molecule has 0 aromatic heterocycles. The van der Waals surface area contributed by atoms with Crippen LogP contribution in [0.2, 0.25) is 0 Å². The molecule has 0 radical (unpaired) electrons. The van der Waals surface area contributed by atoms with Crippen LogP contribution in [0.3, 0.4) is 0 Å². The highest BCUT2D eigenvalue weighted by molar-refractivity contribution is 5.14. The first-order valence-corrected chi connectivity index (χ1v) is 6.99. The molecule has 2 unspecified atom stereocenters. The lowest BCUT2D eigenvalue weighted by molar-refractivity contribution is 0.0905. The summed E-state index contributed by atoms with van der Waals surface area (Å²) in [5.74, 6) is 0.485. The van der Waals surface area contributed by atoms with Crippen LogP contribution in [0.1, 0.15) is 51.5 Å². The van der Waals surface area contributed by atoms with Gasteiger partial charge in [0, 0.05) is 0 Å². The Labute approximate surface area is 106 Å². The Balaban J connectivity index is 2.34. The molecule has 1 rings (SSSR count). The van der Waals surface area contributed by atoms with Gasteiger partial charge >= 0.3 is 0 Å². The third kappa shape index (κ3) is 5.36. The molecule has 0 amide bonds. The van der Waals surface area contributed by atoms with E-state index in [1.165, 1.54) is 24.8 Å². The number of hydrogen-bond acceptors (Lipinski definition) is 1. The average molecular weight is 234 g/mol. The van der Waals surface area contributed by atoms with E-state index in [-0.39, 0.29) is 6.10 Å². The summed E-state index contributed by atoms with van der Waals surface area (Å²) >= 11 is 0. The molecule has 0 spiro atoms. The lowest BCUT2D eigenvalue weighted by Gasteiger charge is -2.21. The van der Waals surface area contributed by atoms with Gasteiger partial charge in [-0.2, -0.15) is 0 Å². The van der Waals surface area contributed by atoms with Crippen molar-refractivity contribution in [1.82, 2.24) is 0 Å². The molecule has 1 aromatic rings. The summed E-state index contributed by atoms with van der Waals surface area (Å²) in [6.45, 7) is 4.40. The predicted molar refractivity (Wildman–Crippen MR) is 74.1 cm³/mol. The van der Waals surface area contributed by atoms with Gasteiger partial charge in [0.1, 0.15) is 0 Å². The highest BCUT2D eigenvalue weighted by Crippen LogP contribution is 2.20. The molecular weight excluding hydrogens is 208 g/mol. The number of hydrogen-bond donors (Lipinski definition) is 1. The summed E-state index contributed by atoms with van der Waals surface area (Å²) in [4.78, 5) is 0. The van der Waals surface area contributed by atoms with Crippen molar-refractivity contribution in [3.8, 4) is 0 Å². The molecule has 0 aliphatic rings. The molecule has 0 heterocycles. The summed E-state index contributed by atoms with van der Waals surface area (Å²) in [6.07, 6.45) is 6.48. The quantitative estimate of drug-likeness (QED) is 0.715. The molecule has 2 atom stereocenters. The standard InChI is InChI=1S/C16H26O/c1-3-5-11-15(4-2)16(17)13-12-14-9-7-6-8-10-14/h6-10,15-17H,3-5,11-13H2,1-2H3. The van der Waals surface area contributed by atoms with E-state index >= 15 is 0 Å². The van der Waals surface area contributed by atoms with Gasteiger partial charge in [-0.15, -0.1) is 0 Å². The van der Waals surface area contributed by atoms with Gasteiger partial charge < -0.3 is 5.11 Å². The summed E-state index contributed by atoms with van der Waals surface area (Å²) in [7, 11) is 0. The maximum atomic E-state index is 10.2. The first-order chi connectivity index (χ1) is 8.27. The summed E-state index contributed by atoms with van der Waals surface area (Å²) < 4.78 is 0. The summed E-state index contributed by atoms with van der Waals surface area (Å²) in [6, 6.07) is 10.4. The van der Waals surface area contributed by atoms with Gasteiger partial charge in [-0.1, -0.05) is 63.4 Å². The fourth-order valence-electron chi connectivity index (χ4n) is 2.33. The van der Waals surface area contributed by atoms with Crippen LogP contribution in [-0.2, 0) is 6.42 Å². The molecule has 1 nitrogen and oxygen atoms in total. The van der Waals surface area contributed by atoms with Gasteiger partial charge in [-0.05, 0) is 30.7 Å². The lowest BCUT2D eigenvalue weighted by atomic mass is 9.90. The van der Waals surface area contributed by atoms with Gasteiger partial charge in [0.2, 0.25) is 0 Å². The molecular formula is C16H26O. The van der Waals surface area contributed by atoms with Crippen molar-refractivity contribution < 1.29 is 5.11 Å². The Kier molecular flexibility index (Phi) is 6.95. The second-order valence-electron chi connectivity index (χ2n) is 4.90. The molecule has 96 valence electrons. The van der Waals surface area contributed by atoms with E-state index in [0.29, 0.717) is 5.92 Å². The number of aliphatic hydroxyl groups excluding tert-OH is 1. The van der Waals surface area contributed by atoms with Crippen LogP contribution < -0.4 is 0 Å². The second-order valence-corrected chi connectivity index (χ2v) is 4.90. The Morgan fingerprint density at radius 1 is 1.06 bits per heavy atom. The van der Waals surface area contributed by atoms with E-state index in [4.69, 9.17) is 0 Å². The lowest BCUT2D eigenvalue weighted by Crippen LogP contribution is -2.20. The molecule has 0 saturated carbocycles. The number of aliphatic hydroxyl groups is 1. The molecule has 0 aliphatic carbocycles. The maximum absolute atomic E-state index is 10.2. The van der Waals surface area contributed by atoms with Crippen molar-refractivity contribution in [2.24, 2.45) is 5.92 Å². The van der Waals surface area contributed by atoms with Crippen LogP contribution in [0.15, 0.2) is 30.3 Å². The van der Waals surface area contributed by atoms with Crippen molar-refractivity contribution in [3.05, 3.63) is 35.9 Å². The Hall–Kier alpha value is -0.820. The predicted octanol–water partition coefficient (Wildman–Crippen LogP) is 4.20. The number of aryl methyl sites for hydroxylation is 1. The zero-order valence-electron chi connectivity index (χ0n) is 11.2. The minimum absolute atomic E-state index is 0.133. The van der Waals surface area contributed by atoms with Crippen molar-refractivity contribution >= 4 is 0 Å².